The van der Waals surface area contributed by atoms with Crippen LogP contribution in [0.4, 0.5) is 32.0 Å². The number of alkyl halides is 4. The van der Waals surface area contributed by atoms with Gasteiger partial charge in [-0.1, -0.05) is 6.07 Å². The molecule has 1 fully saturated rings. The number of rotatable bonds is 5. The van der Waals surface area contributed by atoms with Gasteiger partial charge in [0.2, 0.25) is 0 Å². The van der Waals surface area contributed by atoms with Gasteiger partial charge in [0, 0.05) is 55.6 Å². The quantitative estimate of drug-likeness (QED) is 0.498. The number of halogens is 6. The second kappa shape index (κ2) is 9.71. The predicted molar refractivity (Wildman–Crippen MR) is 126 cm³/mol. The van der Waals surface area contributed by atoms with E-state index in [-0.39, 0.29) is 23.3 Å². The third-order valence-electron chi connectivity index (χ3n) is 7.26. The molecule has 2 aliphatic rings. The van der Waals surface area contributed by atoms with Crippen LogP contribution in [0.5, 0.6) is 0 Å². The van der Waals surface area contributed by atoms with E-state index in [0.29, 0.717) is 43.8 Å². The molecule has 37 heavy (non-hydrogen) atoms. The fourth-order valence-electron chi connectivity index (χ4n) is 5.54. The van der Waals surface area contributed by atoms with Crippen molar-refractivity contribution in [1.29, 1.82) is 0 Å². The van der Waals surface area contributed by atoms with E-state index in [1.54, 1.807) is 11.8 Å². The highest BCUT2D eigenvalue weighted by Crippen LogP contribution is 2.44. The van der Waals surface area contributed by atoms with Crippen LogP contribution in [0.2, 0.25) is 0 Å². The summed E-state index contributed by atoms with van der Waals surface area (Å²) in [5.74, 6) is -2.65. The lowest BCUT2D eigenvalue weighted by Gasteiger charge is -2.42. The molecule has 6 nitrogen and oxygen atoms in total. The van der Waals surface area contributed by atoms with Crippen LogP contribution in [-0.4, -0.2) is 72.9 Å². The molecular weight excluding hydrogens is 502 g/mol. The van der Waals surface area contributed by atoms with Crippen molar-refractivity contribution in [2.75, 3.05) is 50.8 Å². The number of aromatic nitrogens is 1. The van der Waals surface area contributed by atoms with Gasteiger partial charge in [-0.3, -0.25) is 14.8 Å². The normalized spacial score (nSPS) is 21.5. The van der Waals surface area contributed by atoms with Crippen LogP contribution in [0.1, 0.15) is 29.7 Å². The summed E-state index contributed by atoms with van der Waals surface area (Å²) in [6.45, 7) is 1.92. The Morgan fingerprint density at radius 2 is 1.76 bits per heavy atom. The lowest BCUT2D eigenvalue weighted by atomic mass is 9.84. The lowest BCUT2D eigenvalue weighted by molar-refractivity contribution is -0.155. The Kier molecular flexibility index (Phi) is 6.73. The van der Waals surface area contributed by atoms with Crippen LogP contribution in [0, 0.1) is 11.6 Å². The number of piperazine rings is 1. The maximum atomic E-state index is 15.7. The molecule has 200 valence electrons. The summed E-state index contributed by atoms with van der Waals surface area (Å²) in [5.41, 5.74) is 1.02. The fourth-order valence-corrected chi connectivity index (χ4v) is 5.54. The standard InChI is InChI=1S/C25H26F6N4O2/c1-14-10-17-16(2-3-20-23(17)37-24(36)32-20)22(35(14)13-25(29,30)31)21-18(27)11-15(12-19(21)28)34-8-6-33(5-4-26)7-9-34/h2-3,11-12,14,22H,4-10,13H2,1H3,(H,32,36)/t14-,22+/m1/s1. The van der Waals surface area contributed by atoms with Gasteiger partial charge in [0.1, 0.15) is 18.3 Å². The molecule has 0 radical (unpaired) electrons. The molecule has 12 heteroatoms. The Balaban J connectivity index is 1.58. The van der Waals surface area contributed by atoms with Crippen LogP contribution in [-0.2, 0) is 6.42 Å². The van der Waals surface area contributed by atoms with Gasteiger partial charge >= 0.3 is 11.9 Å². The summed E-state index contributed by atoms with van der Waals surface area (Å²) in [4.78, 5) is 19.0. The molecule has 2 atom stereocenters. The highest BCUT2D eigenvalue weighted by molar-refractivity contribution is 5.78. The summed E-state index contributed by atoms with van der Waals surface area (Å²) in [6.07, 6.45) is -4.51. The number of oxazole rings is 1. The van der Waals surface area contributed by atoms with Gasteiger partial charge in [-0.15, -0.1) is 0 Å². The largest absolute Gasteiger partial charge is 0.417 e. The number of anilines is 1. The number of benzene rings is 2. The van der Waals surface area contributed by atoms with Crippen molar-refractivity contribution >= 4 is 16.8 Å². The van der Waals surface area contributed by atoms with Gasteiger partial charge in [-0.05, 0) is 37.1 Å². The van der Waals surface area contributed by atoms with Crippen molar-refractivity contribution in [2.45, 2.75) is 31.6 Å². The average molecular weight is 528 g/mol. The molecule has 0 spiro atoms. The van der Waals surface area contributed by atoms with Gasteiger partial charge in [0.05, 0.1) is 18.1 Å². The average Bonchev–Trinajstić information content (AvgIpc) is 3.21. The second-order valence-corrected chi connectivity index (χ2v) is 9.61. The van der Waals surface area contributed by atoms with E-state index in [1.165, 1.54) is 12.1 Å². The summed E-state index contributed by atoms with van der Waals surface area (Å²) in [6, 6.07) is 3.09. The molecule has 2 aromatic carbocycles. The van der Waals surface area contributed by atoms with Crippen molar-refractivity contribution in [3.63, 3.8) is 0 Å². The Bertz CT molecular complexity index is 1320. The maximum Gasteiger partial charge on any atom is 0.417 e. The molecule has 1 aromatic heterocycles. The smallest absolute Gasteiger partial charge is 0.408 e. The van der Waals surface area contributed by atoms with E-state index >= 15 is 8.78 Å². The summed E-state index contributed by atoms with van der Waals surface area (Å²) in [7, 11) is 0. The summed E-state index contributed by atoms with van der Waals surface area (Å²) >= 11 is 0. The molecule has 0 amide bonds. The highest BCUT2D eigenvalue weighted by atomic mass is 19.4. The third-order valence-corrected chi connectivity index (χ3v) is 7.26. The van der Waals surface area contributed by atoms with Crippen LogP contribution in [0.15, 0.2) is 33.5 Å². The minimum Gasteiger partial charge on any atom is -0.408 e. The number of hydrogen-bond donors (Lipinski definition) is 1. The lowest BCUT2D eigenvalue weighted by Crippen LogP contribution is -2.48. The Morgan fingerprint density at radius 1 is 1.08 bits per heavy atom. The zero-order valence-electron chi connectivity index (χ0n) is 20.0. The van der Waals surface area contributed by atoms with Gasteiger partial charge in [-0.2, -0.15) is 13.2 Å². The van der Waals surface area contributed by atoms with Crippen LogP contribution in [0.3, 0.4) is 0 Å². The van der Waals surface area contributed by atoms with Gasteiger partial charge < -0.3 is 9.32 Å². The molecule has 1 saturated heterocycles. The van der Waals surface area contributed by atoms with Crippen molar-refractivity contribution in [3.05, 3.63) is 63.1 Å². The molecule has 0 saturated carbocycles. The number of aromatic amines is 1. The third kappa shape index (κ3) is 4.96. The van der Waals surface area contributed by atoms with Crippen molar-refractivity contribution < 1.29 is 30.8 Å². The second-order valence-electron chi connectivity index (χ2n) is 9.61. The Morgan fingerprint density at radius 3 is 2.38 bits per heavy atom. The van der Waals surface area contributed by atoms with E-state index in [4.69, 9.17) is 4.42 Å². The van der Waals surface area contributed by atoms with Gasteiger partial charge in [-0.25, -0.2) is 18.0 Å². The zero-order valence-corrected chi connectivity index (χ0v) is 20.0. The first-order chi connectivity index (χ1) is 17.6. The topological polar surface area (TPSA) is 55.7 Å². The highest BCUT2D eigenvalue weighted by Gasteiger charge is 2.43. The summed E-state index contributed by atoms with van der Waals surface area (Å²) in [5, 5.41) is 0. The van der Waals surface area contributed by atoms with Crippen LogP contribution >= 0.6 is 0 Å². The number of fused-ring (bicyclic) bond motifs is 3. The summed E-state index contributed by atoms with van der Waals surface area (Å²) < 4.78 is 90.0. The fraction of sp³-hybridized carbons (Fsp3) is 0.480. The van der Waals surface area contributed by atoms with E-state index < -0.39 is 54.4 Å². The molecular formula is C25H26F6N4O2. The molecule has 2 aliphatic heterocycles. The van der Waals surface area contributed by atoms with E-state index in [1.807, 2.05) is 4.90 Å². The minimum absolute atomic E-state index is 0.102. The molecule has 0 bridgehead atoms. The zero-order chi connectivity index (χ0) is 26.5. The first-order valence-electron chi connectivity index (χ1n) is 12.0. The molecule has 1 N–H and O–H groups in total. The number of nitrogens with zero attached hydrogens (tertiary/aromatic N) is 3. The molecule has 5 rings (SSSR count). The molecule has 3 aromatic rings. The molecule has 0 unspecified atom stereocenters. The predicted octanol–water partition coefficient (Wildman–Crippen LogP) is 4.39. The van der Waals surface area contributed by atoms with Crippen molar-refractivity contribution in [3.8, 4) is 0 Å². The van der Waals surface area contributed by atoms with Crippen molar-refractivity contribution in [1.82, 2.24) is 14.8 Å². The number of nitrogens with one attached hydrogen (secondary N) is 1. The van der Waals surface area contributed by atoms with Crippen LogP contribution < -0.4 is 10.7 Å². The minimum atomic E-state index is -4.61. The Hall–Kier alpha value is -2.99. The van der Waals surface area contributed by atoms with E-state index in [2.05, 4.69) is 4.98 Å². The molecule has 3 heterocycles. The van der Waals surface area contributed by atoms with Gasteiger partial charge in [0.15, 0.2) is 5.58 Å². The van der Waals surface area contributed by atoms with Crippen LogP contribution in [0.25, 0.3) is 11.1 Å². The molecule has 0 aliphatic carbocycles. The number of H-pyrrole nitrogens is 1. The first-order valence-corrected chi connectivity index (χ1v) is 12.0. The Labute approximate surface area is 208 Å². The first kappa shape index (κ1) is 25.7. The SMILES string of the molecule is C[C@@H]1Cc2c(ccc3[nH]c(=O)oc23)[C@@H](c2c(F)cc(N3CCN(CCF)CC3)cc2F)N1CC(F)(F)F. The maximum absolute atomic E-state index is 15.7. The van der Waals surface area contributed by atoms with Crippen molar-refractivity contribution in [2.24, 2.45) is 0 Å². The number of hydrogen-bond acceptors (Lipinski definition) is 5. The van der Waals surface area contributed by atoms with E-state index in [0.717, 1.165) is 17.0 Å². The van der Waals surface area contributed by atoms with Gasteiger partial charge in [0.25, 0.3) is 0 Å². The monoisotopic (exact) mass is 528 g/mol. The van der Waals surface area contributed by atoms with E-state index in [9.17, 15) is 22.4 Å².